The number of fused-ring (bicyclic) bond motifs is 20. The molecule has 0 N–H and O–H groups in total. The Hall–Kier alpha value is -2.00. The molecule has 10 aromatic carbocycles. The van der Waals surface area contributed by atoms with Crippen LogP contribution in [0, 0.1) is 42.0 Å². The van der Waals surface area contributed by atoms with E-state index in [2.05, 4.69) is 512 Å². The van der Waals surface area contributed by atoms with Crippen molar-refractivity contribution in [2.75, 3.05) is 0 Å². The summed E-state index contributed by atoms with van der Waals surface area (Å²) in [5.41, 5.74) is 42.2. The monoisotopic (exact) mass is 2460 g/mol. The van der Waals surface area contributed by atoms with Crippen molar-refractivity contribution in [1.82, 2.24) is 0 Å². The summed E-state index contributed by atoms with van der Waals surface area (Å²) in [7, 11) is 0. The highest BCUT2D eigenvalue weighted by atomic mass is 127. The molecule has 10 aliphatic rings. The van der Waals surface area contributed by atoms with Crippen LogP contribution in [0.5, 0.6) is 0 Å². The van der Waals surface area contributed by atoms with E-state index in [-0.39, 0.29) is 81.2 Å². The predicted octanol–water partition coefficient (Wildman–Crippen LogP) is 36.0. The number of rotatable bonds is 2. The first-order chi connectivity index (χ1) is 56.9. The summed E-state index contributed by atoms with van der Waals surface area (Å²) in [6, 6.07) is 56.1. The minimum Gasteiger partial charge on any atom is -0.0613 e. The van der Waals surface area contributed by atoms with Crippen LogP contribution in [0.15, 0.2) is 172 Å². The molecule has 0 amide bonds. The van der Waals surface area contributed by atoms with Gasteiger partial charge in [-0.25, -0.2) is 0 Å². The van der Waals surface area contributed by atoms with Gasteiger partial charge in [0.1, 0.15) is 0 Å². The van der Waals surface area contributed by atoms with Gasteiger partial charge in [-0.15, -0.1) is 0 Å². The van der Waals surface area contributed by atoms with Gasteiger partial charge in [-0.3, -0.25) is 0 Å². The lowest BCUT2D eigenvalue weighted by atomic mass is 9.72. The lowest BCUT2D eigenvalue weighted by Crippen LogP contribution is -2.28. The fraction of sp³-hybridized carbons (Fsp3) is 0.469. The second-order valence-corrected chi connectivity index (χ2v) is 55.8. The van der Waals surface area contributed by atoms with Crippen molar-refractivity contribution in [2.24, 2.45) is 0 Å². The summed E-state index contributed by atoms with van der Waals surface area (Å²) in [4.78, 5) is 0. The highest BCUT2D eigenvalue weighted by Gasteiger charge is 2.64. The molecule has 5 spiro atoms. The first kappa shape index (κ1) is 94.2. The Labute approximate surface area is 845 Å². The van der Waals surface area contributed by atoms with Crippen LogP contribution in [0.4, 0.5) is 0 Å². The molecular weight excluding hydrogens is 2340 g/mol. The van der Waals surface area contributed by atoms with Crippen molar-refractivity contribution >= 4 is 186 Å². The molecule has 0 saturated heterocycles. The van der Waals surface area contributed by atoms with Crippen LogP contribution in [0.25, 0.3) is 0 Å². The van der Waals surface area contributed by atoms with Gasteiger partial charge in [0.05, 0.1) is 0 Å². The Morgan fingerprint density at radius 2 is 0.398 bits per heavy atom. The zero-order chi connectivity index (χ0) is 89.7. The highest BCUT2D eigenvalue weighted by molar-refractivity contribution is 14.1. The minimum absolute atomic E-state index is 0.0911. The van der Waals surface area contributed by atoms with Gasteiger partial charge in [0.25, 0.3) is 0 Å². The Morgan fingerprint density at radius 1 is 0.211 bits per heavy atom. The minimum atomic E-state index is 0.0911. The molecule has 10 aliphatic carbocycles. The van der Waals surface area contributed by atoms with Crippen LogP contribution in [0.1, 0.15) is 361 Å². The molecule has 0 radical (unpaired) electrons. The third kappa shape index (κ3) is 15.0. The van der Waals surface area contributed by atoms with Crippen LogP contribution in [-0.4, -0.2) is 0 Å². The second kappa shape index (κ2) is 31.6. The average Bonchev–Trinajstić information content (AvgIpc) is 1.55. The molecule has 0 atom stereocenters. The van der Waals surface area contributed by atoms with Crippen molar-refractivity contribution in [3.63, 3.8) is 0 Å². The summed E-state index contributed by atoms with van der Waals surface area (Å²) in [5, 5.41) is 0. The zero-order valence-electron chi connectivity index (χ0n) is 77.6. The molecule has 0 saturated carbocycles. The largest absolute Gasteiger partial charge is 0.0613 e. The second-order valence-electron chi connectivity index (χ2n) is 46.1. The molecule has 0 heterocycles. The standard InChI is InChI=1S/C25H30Br2.C23H26Br2.C23H26I2.C21H22Br2.C21H22I2/c1-7-15-9-17-21(19(26)11-15)25(13-23(17,3)4)14-24(5,6)18-10-16(8-2)12-20(27)22(18)25;2*1-13-7-15-19(17(24)9-13)23(11-21(15,3)4)12-22(5,6)16-8-14(2)10-18(25)20(16)23;2*1-19(2)11-21(17-13(19)7-5-9-15(17)22)12-20(3,4)14-8-6-10-16(23)18(14)21/h9-12H,7-8,13-14H2,1-6H3;2*7-10H,11-12H2,1-6H3;2*5-10H,11-12H2,1-4H3. The normalized spacial score (nSPS) is 21.6. The number of aryl methyl sites for hydroxylation is 6. The fourth-order valence-electron chi connectivity index (χ4n) is 28.3. The molecule has 10 heteroatoms. The van der Waals surface area contributed by atoms with Gasteiger partial charge in [0.15, 0.2) is 0 Å². The molecule has 0 aromatic heterocycles. The molecule has 648 valence electrons. The molecule has 123 heavy (non-hydrogen) atoms. The van der Waals surface area contributed by atoms with Crippen LogP contribution in [0.2, 0.25) is 0 Å². The van der Waals surface area contributed by atoms with Gasteiger partial charge in [-0.05, 0) is 455 Å². The third-order valence-corrected chi connectivity index (χ3v) is 38.9. The third-order valence-electron chi connectivity index (χ3n) is 31.6. The van der Waals surface area contributed by atoms with E-state index in [0.29, 0.717) is 0 Å². The van der Waals surface area contributed by atoms with Crippen LogP contribution < -0.4 is 0 Å². The lowest BCUT2D eigenvalue weighted by Gasteiger charge is -2.31. The molecular formula is C113H126Br6I4. The maximum absolute atomic E-state index is 4.00. The summed E-state index contributed by atoms with van der Waals surface area (Å²) in [6.07, 6.45) is 14.1. The maximum Gasteiger partial charge on any atom is 0.0247 e. The van der Waals surface area contributed by atoms with Crippen molar-refractivity contribution in [2.45, 2.75) is 338 Å². The first-order valence-electron chi connectivity index (χ1n) is 45.0. The summed E-state index contributed by atoms with van der Waals surface area (Å²) in [6.45, 7) is 61.9. The Kier molecular flexibility index (Phi) is 24.2. The van der Waals surface area contributed by atoms with E-state index in [1.54, 1.807) is 66.8 Å². The van der Waals surface area contributed by atoms with E-state index in [1.165, 1.54) is 183 Å². The molecule has 0 fully saturated rings. The fourth-order valence-corrected chi connectivity index (χ4v) is 38.1. The van der Waals surface area contributed by atoms with Gasteiger partial charge in [-0.2, -0.15) is 0 Å². The van der Waals surface area contributed by atoms with E-state index in [0.717, 1.165) is 12.8 Å². The van der Waals surface area contributed by atoms with Crippen molar-refractivity contribution in [3.05, 3.63) is 331 Å². The van der Waals surface area contributed by atoms with Gasteiger partial charge in [0, 0.05) is 68.2 Å². The summed E-state index contributed by atoms with van der Waals surface area (Å²) < 4.78 is 13.5. The molecule has 0 aliphatic heterocycles. The van der Waals surface area contributed by atoms with Gasteiger partial charge >= 0.3 is 0 Å². The lowest BCUT2D eigenvalue weighted by molar-refractivity contribution is 0.348. The topological polar surface area (TPSA) is 0 Å². The maximum atomic E-state index is 4.00. The summed E-state index contributed by atoms with van der Waals surface area (Å²) >= 11 is 34.0. The van der Waals surface area contributed by atoms with E-state index in [9.17, 15) is 0 Å². The predicted molar refractivity (Wildman–Crippen MR) is 580 cm³/mol. The van der Waals surface area contributed by atoms with Crippen molar-refractivity contribution < 1.29 is 0 Å². The number of halogens is 10. The van der Waals surface area contributed by atoms with Gasteiger partial charge in [-0.1, -0.05) is 333 Å². The molecule has 0 nitrogen and oxygen atoms in total. The molecule has 20 rings (SSSR count). The number of hydrogen-bond donors (Lipinski definition) is 0. The van der Waals surface area contributed by atoms with E-state index >= 15 is 0 Å². The molecule has 0 unspecified atom stereocenters. The van der Waals surface area contributed by atoms with Crippen molar-refractivity contribution in [3.8, 4) is 0 Å². The zero-order valence-corrected chi connectivity index (χ0v) is 95.8. The number of hydrogen-bond acceptors (Lipinski definition) is 0. The Bertz CT molecular complexity index is 5430. The Balaban J connectivity index is 0.000000114. The smallest absolute Gasteiger partial charge is 0.0247 e. The van der Waals surface area contributed by atoms with E-state index in [1.807, 2.05) is 0 Å². The highest BCUT2D eigenvalue weighted by Crippen LogP contribution is 2.72. The van der Waals surface area contributed by atoms with E-state index < -0.39 is 0 Å². The van der Waals surface area contributed by atoms with Gasteiger partial charge in [0.2, 0.25) is 0 Å². The van der Waals surface area contributed by atoms with Gasteiger partial charge < -0.3 is 0 Å². The van der Waals surface area contributed by atoms with Crippen LogP contribution in [0.3, 0.4) is 0 Å². The van der Waals surface area contributed by atoms with Crippen molar-refractivity contribution in [1.29, 1.82) is 0 Å². The average molecular weight is 2470 g/mol. The number of benzene rings is 10. The van der Waals surface area contributed by atoms with Crippen LogP contribution in [-0.2, 0) is 94.1 Å². The molecule has 10 aromatic rings. The van der Waals surface area contributed by atoms with E-state index in [4.69, 9.17) is 0 Å². The molecule has 0 bridgehead atoms. The summed E-state index contributed by atoms with van der Waals surface area (Å²) in [5.74, 6) is 0. The quantitative estimate of drug-likeness (QED) is 0.151. The Morgan fingerprint density at radius 3 is 0.659 bits per heavy atom. The first-order valence-corrected chi connectivity index (χ1v) is 54.1. The SMILES string of the molecule is CC1(C)CC2(CC(C)(C)c3cccc(Br)c32)c2c(Br)cccc21.CC1(C)CC2(CC(C)(C)c3cccc(I)c32)c2c(I)cccc21.CCc1cc(Br)c2c(c1)C(C)(C)CC21CC(C)(C)c2cc(CC)cc(Br)c21.Cc1cc(Br)c2c(c1)C(C)(C)CC21CC(C)(C)c2cc(C)cc(Br)c21.Cc1cc(I)c2c(c1)C(C)(C)CC21CC(C)(C)c2cc(C)cc(I)c21. The van der Waals surface area contributed by atoms with Crippen LogP contribution >= 0.6 is 186 Å².